The van der Waals surface area contributed by atoms with E-state index in [1.165, 1.54) is 18.1 Å². The second-order valence-electron chi connectivity index (χ2n) is 3.72. The number of carbonyl (C=O) groups is 1. The van der Waals surface area contributed by atoms with Crippen LogP contribution in [0.15, 0.2) is 28.9 Å². The van der Waals surface area contributed by atoms with Crippen molar-refractivity contribution in [3.8, 4) is 0 Å². The maximum atomic E-state index is 11.2. The van der Waals surface area contributed by atoms with Gasteiger partial charge in [-0.15, -0.1) is 11.3 Å². The number of thiophene rings is 1. The molecule has 19 heavy (non-hydrogen) atoms. The first-order chi connectivity index (χ1) is 9.16. The molecule has 0 bridgehead atoms. The Morgan fingerprint density at radius 1 is 1.42 bits per heavy atom. The summed E-state index contributed by atoms with van der Waals surface area (Å²) in [7, 11) is 0. The van der Waals surface area contributed by atoms with Crippen LogP contribution in [0, 0.1) is 6.92 Å². The predicted molar refractivity (Wildman–Crippen MR) is 71.8 cm³/mol. The van der Waals surface area contributed by atoms with Gasteiger partial charge in [0.1, 0.15) is 21.1 Å². The van der Waals surface area contributed by atoms with Gasteiger partial charge in [-0.3, -0.25) is 0 Å². The Bertz CT molecular complexity index is 751. The number of aromatic nitrogens is 4. The number of hydrogen-bond donors (Lipinski definition) is 2. The van der Waals surface area contributed by atoms with Gasteiger partial charge in [0, 0.05) is 17.8 Å². The molecule has 3 aromatic heterocycles. The van der Waals surface area contributed by atoms with Crippen molar-refractivity contribution in [3.63, 3.8) is 0 Å². The van der Waals surface area contributed by atoms with Crippen LogP contribution in [0.5, 0.6) is 0 Å². The molecule has 0 unspecified atom stereocenters. The van der Waals surface area contributed by atoms with Crippen LogP contribution in [-0.2, 0) is 0 Å². The van der Waals surface area contributed by atoms with E-state index in [1.807, 2.05) is 0 Å². The Hall–Kier alpha value is -1.93. The van der Waals surface area contributed by atoms with Crippen molar-refractivity contribution >= 4 is 39.3 Å². The molecule has 0 aliphatic rings. The minimum absolute atomic E-state index is 0.303. The minimum Gasteiger partial charge on any atom is -0.477 e. The Kier molecular flexibility index (Phi) is 2.96. The lowest BCUT2D eigenvalue weighted by molar-refractivity contribution is 0.0701. The zero-order valence-electron chi connectivity index (χ0n) is 9.75. The number of carboxylic acid groups (broad SMARTS) is 1. The highest BCUT2D eigenvalue weighted by molar-refractivity contribution is 7.99. The van der Waals surface area contributed by atoms with Crippen LogP contribution in [-0.4, -0.2) is 31.0 Å². The molecule has 0 aromatic carbocycles. The second kappa shape index (κ2) is 4.63. The zero-order valence-corrected chi connectivity index (χ0v) is 11.4. The predicted octanol–water partition coefficient (Wildman–Crippen LogP) is 2.57. The van der Waals surface area contributed by atoms with Crippen LogP contribution in [0.1, 0.15) is 15.2 Å². The number of aryl methyl sites for hydroxylation is 1. The van der Waals surface area contributed by atoms with Crippen molar-refractivity contribution < 1.29 is 9.90 Å². The fourth-order valence-electron chi connectivity index (χ4n) is 1.72. The van der Waals surface area contributed by atoms with Gasteiger partial charge < -0.3 is 10.1 Å². The van der Waals surface area contributed by atoms with Crippen molar-refractivity contribution in [1.82, 2.24) is 19.9 Å². The number of fused-ring (bicyclic) bond motifs is 1. The molecule has 6 nitrogen and oxygen atoms in total. The monoisotopic (exact) mass is 292 g/mol. The van der Waals surface area contributed by atoms with E-state index in [-0.39, 0.29) is 0 Å². The fraction of sp³-hybridized carbons (Fsp3) is 0.0909. The molecule has 0 radical (unpaired) electrons. The fourth-order valence-corrected chi connectivity index (χ4v) is 3.65. The van der Waals surface area contributed by atoms with Gasteiger partial charge in [-0.1, -0.05) is 0 Å². The van der Waals surface area contributed by atoms with Crippen molar-refractivity contribution in [1.29, 1.82) is 0 Å². The number of aromatic carboxylic acids is 1. The number of nitrogens with zero attached hydrogens (tertiary/aromatic N) is 3. The Morgan fingerprint density at radius 3 is 2.95 bits per heavy atom. The highest BCUT2D eigenvalue weighted by Crippen LogP contribution is 2.36. The standard InChI is InChI=1S/C11H8N4O2S2/c1-5-6-8(18-7(5)10(16)17)14-4-15-9(6)19-11-12-2-3-13-11/h2-4H,1H3,(H,12,13)(H,16,17). The molecule has 0 spiro atoms. The van der Waals surface area contributed by atoms with Gasteiger partial charge in [-0.05, 0) is 24.2 Å². The highest BCUT2D eigenvalue weighted by atomic mass is 32.2. The summed E-state index contributed by atoms with van der Waals surface area (Å²) in [5.41, 5.74) is 0.696. The van der Waals surface area contributed by atoms with E-state index in [0.29, 0.717) is 25.5 Å². The van der Waals surface area contributed by atoms with Crippen LogP contribution in [0.25, 0.3) is 10.2 Å². The summed E-state index contributed by atoms with van der Waals surface area (Å²) < 4.78 is 0. The maximum absolute atomic E-state index is 11.2. The summed E-state index contributed by atoms with van der Waals surface area (Å²) in [6.45, 7) is 1.78. The molecule has 96 valence electrons. The number of rotatable bonds is 3. The quantitative estimate of drug-likeness (QED) is 0.721. The first-order valence-electron chi connectivity index (χ1n) is 5.31. The van der Waals surface area contributed by atoms with Crippen LogP contribution in [0.2, 0.25) is 0 Å². The SMILES string of the molecule is Cc1c(C(=O)O)sc2ncnc(Sc3ncc[nH]3)c12. The molecule has 2 N–H and O–H groups in total. The normalized spacial score (nSPS) is 11.0. The molecular weight excluding hydrogens is 284 g/mol. The van der Waals surface area contributed by atoms with Crippen molar-refractivity contribution in [2.75, 3.05) is 0 Å². The number of H-pyrrole nitrogens is 1. The Balaban J connectivity index is 2.17. The van der Waals surface area contributed by atoms with Crippen molar-refractivity contribution in [2.45, 2.75) is 17.1 Å². The third kappa shape index (κ3) is 2.08. The van der Waals surface area contributed by atoms with Gasteiger partial charge in [0.25, 0.3) is 0 Å². The van der Waals surface area contributed by atoms with Crippen LogP contribution < -0.4 is 0 Å². The Morgan fingerprint density at radius 2 is 2.26 bits per heavy atom. The number of aromatic amines is 1. The summed E-state index contributed by atoms with van der Waals surface area (Å²) in [5, 5.41) is 11.4. The van der Waals surface area contributed by atoms with E-state index in [4.69, 9.17) is 5.11 Å². The topological polar surface area (TPSA) is 91.8 Å². The number of carboxylic acids is 1. The summed E-state index contributed by atoms with van der Waals surface area (Å²) in [5.74, 6) is -0.936. The maximum Gasteiger partial charge on any atom is 0.346 e. The third-order valence-electron chi connectivity index (χ3n) is 2.55. The van der Waals surface area contributed by atoms with Crippen LogP contribution >= 0.6 is 23.1 Å². The molecule has 0 aliphatic carbocycles. The molecule has 0 saturated heterocycles. The first kappa shape index (κ1) is 12.1. The second-order valence-corrected chi connectivity index (χ2v) is 5.69. The smallest absolute Gasteiger partial charge is 0.346 e. The first-order valence-corrected chi connectivity index (χ1v) is 6.94. The third-order valence-corrected chi connectivity index (χ3v) is 4.66. The molecule has 8 heteroatoms. The lowest BCUT2D eigenvalue weighted by atomic mass is 10.2. The molecular formula is C11H8N4O2S2. The van der Waals surface area contributed by atoms with E-state index < -0.39 is 5.97 Å². The average molecular weight is 292 g/mol. The largest absolute Gasteiger partial charge is 0.477 e. The van der Waals surface area contributed by atoms with Crippen molar-refractivity contribution in [3.05, 3.63) is 29.2 Å². The molecule has 3 heterocycles. The summed E-state index contributed by atoms with van der Waals surface area (Å²) in [6.07, 6.45) is 4.82. The molecule has 0 aliphatic heterocycles. The summed E-state index contributed by atoms with van der Waals surface area (Å²) in [6, 6.07) is 0. The zero-order chi connectivity index (χ0) is 13.4. The van der Waals surface area contributed by atoms with Crippen LogP contribution in [0.3, 0.4) is 0 Å². The number of nitrogens with one attached hydrogen (secondary N) is 1. The van der Waals surface area contributed by atoms with Gasteiger partial charge in [0.15, 0.2) is 5.16 Å². The van der Waals surface area contributed by atoms with E-state index in [2.05, 4.69) is 19.9 Å². The van der Waals surface area contributed by atoms with Gasteiger partial charge in [0.2, 0.25) is 0 Å². The van der Waals surface area contributed by atoms with Crippen LogP contribution in [0.4, 0.5) is 0 Å². The number of imidazole rings is 1. The lowest BCUT2D eigenvalue weighted by Crippen LogP contribution is -1.94. The lowest BCUT2D eigenvalue weighted by Gasteiger charge is -2.00. The van der Waals surface area contributed by atoms with E-state index in [1.54, 1.807) is 19.3 Å². The average Bonchev–Trinajstić information content (AvgIpc) is 2.98. The molecule has 0 fully saturated rings. The van der Waals surface area contributed by atoms with E-state index in [0.717, 1.165) is 16.7 Å². The van der Waals surface area contributed by atoms with Gasteiger partial charge in [0.05, 0.1) is 0 Å². The van der Waals surface area contributed by atoms with E-state index >= 15 is 0 Å². The summed E-state index contributed by atoms with van der Waals surface area (Å²) >= 11 is 2.52. The molecule has 3 rings (SSSR count). The van der Waals surface area contributed by atoms with Gasteiger partial charge in [-0.25, -0.2) is 19.7 Å². The van der Waals surface area contributed by atoms with Crippen molar-refractivity contribution in [2.24, 2.45) is 0 Å². The highest BCUT2D eigenvalue weighted by Gasteiger charge is 2.19. The molecule has 3 aromatic rings. The molecule has 0 atom stereocenters. The summed E-state index contributed by atoms with van der Waals surface area (Å²) in [4.78, 5) is 27.6. The van der Waals surface area contributed by atoms with Gasteiger partial charge >= 0.3 is 5.97 Å². The van der Waals surface area contributed by atoms with Gasteiger partial charge in [-0.2, -0.15) is 0 Å². The van der Waals surface area contributed by atoms with E-state index in [9.17, 15) is 4.79 Å². The Labute approximate surface area is 115 Å². The number of hydrogen-bond acceptors (Lipinski definition) is 6. The molecule has 0 amide bonds. The minimum atomic E-state index is -0.936. The molecule has 0 saturated carbocycles.